The summed E-state index contributed by atoms with van der Waals surface area (Å²) in [7, 11) is 4.54. The predicted octanol–water partition coefficient (Wildman–Crippen LogP) is 3.71. The van der Waals surface area contributed by atoms with Crippen molar-refractivity contribution in [3.63, 3.8) is 0 Å². The Balaban J connectivity index is 1.87. The van der Waals surface area contributed by atoms with Gasteiger partial charge in [0.2, 0.25) is 11.7 Å². The summed E-state index contributed by atoms with van der Waals surface area (Å²) in [5.41, 5.74) is 3.38. The van der Waals surface area contributed by atoms with Gasteiger partial charge in [0.25, 0.3) is 5.91 Å². The normalized spacial score (nSPS) is 15.9. The zero-order chi connectivity index (χ0) is 23.1. The second-order valence-corrected chi connectivity index (χ2v) is 7.64. The van der Waals surface area contributed by atoms with E-state index in [0.29, 0.717) is 35.3 Å². The molecule has 1 unspecified atom stereocenters. The quantitative estimate of drug-likeness (QED) is 0.503. The molecule has 0 radical (unpaired) electrons. The van der Waals surface area contributed by atoms with E-state index in [-0.39, 0.29) is 12.0 Å². The molecule has 0 aliphatic carbocycles. The topological polar surface area (TPSA) is 90.4 Å². The lowest BCUT2D eigenvalue weighted by molar-refractivity contribution is 0.0974. The number of nitrogens with one attached hydrogen (secondary N) is 2. The van der Waals surface area contributed by atoms with E-state index in [1.165, 1.54) is 21.3 Å². The summed E-state index contributed by atoms with van der Waals surface area (Å²) in [6.07, 6.45) is 2.04. The molecule has 0 bridgehead atoms. The van der Waals surface area contributed by atoms with Gasteiger partial charge in [-0.15, -0.1) is 0 Å². The molecule has 2 aromatic rings. The standard InChI is InChI=1S/C24H31N3O5/c1-15-8-9-16(2)19(11-15)26-24(25-14-18-7-6-10-32-18)27-23(28)17-12-20(29-3)22(31-5)21(13-17)30-4/h8-9,11-13,18H,6-7,10,14H2,1-5H3,(H2,25,26,27,28). The summed E-state index contributed by atoms with van der Waals surface area (Å²) >= 11 is 0. The van der Waals surface area contributed by atoms with Crippen LogP contribution in [0.3, 0.4) is 0 Å². The Morgan fingerprint density at radius 3 is 2.41 bits per heavy atom. The average Bonchev–Trinajstić information content (AvgIpc) is 3.32. The molecule has 1 fully saturated rings. The first-order valence-electron chi connectivity index (χ1n) is 10.6. The van der Waals surface area contributed by atoms with Crippen molar-refractivity contribution >= 4 is 17.6 Å². The van der Waals surface area contributed by atoms with Crippen molar-refractivity contribution in [3.05, 3.63) is 47.0 Å². The van der Waals surface area contributed by atoms with Crippen molar-refractivity contribution in [1.29, 1.82) is 0 Å². The Hall–Kier alpha value is -3.26. The van der Waals surface area contributed by atoms with Crippen LogP contribution in [0.1, 0.15) is 34.3 Å². The molecular weight excluding hydrogens is 410 g/mol. The molecule has 1 atom stereocenters. The van der Waals surface area contributed by atoms with Gasteiger partial charge in [0.1, 0.15) is 0 Å². The number of anilines is 1. The minimum Gasteiger partial charge on any atom is -0.493 e. The lowest BCUT2D eigenvalue weighted by atomic mass is 10.1. The lowest BCUT2D eigenvalue weighted by Gasteiger charge is -2.17. The minimum atomic E-state index is -0.354. The Bertz CT molecular complexity index is 959. The maximum atomic E-state index is 13.1. The summed E-state index contributed by atoms with van der Waals surface area (Å²) in [6, 6.07) is 9.29. The van der Waals surface area contributed by atoms with Crippen LogP contribution < -0.4 is 24.8 Å². The maximum Gasteiger partial charge on any atom is 0.258 e. The van der Waals surface area contributed by atoms with Crippen LogP contribution >= 0.6 is 0 Å². The van der Waals surface area contributed by atoms with E-state index in [4.69, 9.17) is 18.9 Å². The van der Waals surface area contributed by atoms with E-state index >= 15 is 0 Å². The van der Waals surface area contributed by atoms with E-state index in [0.717, 1.165) is 36.3 Å². The summed E-state index contributed by atoms with van der Waals surface area (Å²) in [5, 5.41) is 6.15. The van der Waals surface area contributed by atoms with Gasteiger partial charge in [-0.05, 0) is 56.0 Å². The molecule has 0 saturated carbocycles. The number of methoxy groups -OCH3 is 3. The van der Waals surface area contributed by atoms with Crippen LogP contribution in [0.5, 0.6) is 17.2 Å². The predicted molar refractivity (Wildman–Crippen MR) is 124 cm³/mol. The summed E-state index contributed by atoms with van der Waals surface area (Å²) in [5.74, 6) is 1.23. The summed E-state index contributed by atoms with van der Waals surface area (Å²) in [6.45, 7) is 5.23. The number of amides is 1. The smallest absolute Gasteiger partial charge is 0.258 e. The van der Waals surface area contributed by atoms with Gasteiger partial charge in [-0.3, -0.25) is 10.1 Å². The molecule has 0 aromatic heterocycles. The first-order valence-corrected chi connectivity index (χ1v) is 10.6. The fraction of sp³-hybridized carbons (Fsp3) is 0.417. The van der Waals surface area contributed by atoms with Crippen molar-refractivity contribution < 1.29 is 23.7 Å². The third-order valence-corrected chi connectivity index (χ3v) is 5.28. The maximum absolute atomic E-state index is 13.1. The van der Waals surface area contributed by atoms with Gasteiger partial charge in [-0.2, -0.15) is 0 Å². The number of aryl methyl sites for hydroxylation is 2. The molecular formula is C24H31N3O5. The number of carbonyl (C=O) groups excluding carboxylic acids is 1. The minimum absolute atomic E-state index is 0.0588. The van der Waals surface area contributed by atoms with Crippen LogP contribution in [-0.4, -0.2) is 52.5 Å². The molecule has 1 aliphatic heterocycles. The molecule has 2 aromatic carbocycles. The van der Waals surface area contributed by atoms with Crippen molar-refractivity contribution in [2.75, 3.05) is 39.8 Å². The van der Waals surface area contributed by atoms with Crippen LogP contribution in [0.25, 0.3) is 0 Å². The van der Waals surface area contributed by atoms with E-state index in [1.807, 2.05) is 32.0 Å². The monoisotopic (exact) mass is 441 g/mol. The first kappa shape index (κ1) is 23.4. The van der Waals surface area contributed by atoms with Gasteiger partial charge in [-0.25, -0.2) is 4.99 Å². The Morgan fingerprint density at radius 2 is 1.81 bits per heavy atom. The van der Waals surface area contributed by atoms with Crippen LogP contribution in [0, 0.1) is 13.8 Å². The summed E-state index contributed by atoms with van der Waals surface area (Å²) in [4.78, 5) is 17.7. The molecule has 1 amide bonds. The largest absolute Gasteiger partial charge is 0.493 e. The van der Waals surface area contributed by atoms with Crippen molar-refractivity contribution in [1.82, 2.24) is 5.32 Å². The van der Waals surface area contributed by atoms with Crippen LogP contribution in [0.15, 0.2) is 35.3 Å². The molecule has 32 heavy (non-hydrogen) atoms. The number of ether oxygens (including phenoxy) is 4. The van der Waals surface area contributed by atoms with Gasteiger partial charge >= 0.3 is 0 Å². The number of hydrogen-bond donors (Lipinski definition) is 2. The molecule has 0 spiro atoms. The van der Waals surface area contributed by atoms with E-state index in [1.54, 1.807) is 12.1 Å². The second-order valence-electron chi connectivity index (χ2n) is 7.64. The fourth-order valence-electron chi connectivity index (χ4n) is 3.48. The number of rotatable bonds is 7. The molecule has 1 aliphatic rings. The third-order valence-electron chi connectivity index (χ3n) is 5.28. The average molecular weight is 442 g/mol. The highest BCUT2D eigenvalue weighted by molar-refractivity contribution is 6.10. The number of nitrogens with zero attached hydrogens (tertiary/aromatic N) is 1. The van der Waals surface area contributed by atoms with Gasteiger partial charge in [-0.1, -0.05) is 12.1 Å². The van der Waals surface area contributed by atoms with Gasteiger partial charge in [0, 0.05) is 17.9 Å². The Morgan fingerprint density at radius 1 is 1.09 bits per heavy atom. The molecule has 1 saturated heterocycles. The Kier molecular flexibility index (Phi) is 7.94. The van der Waals surface area contributed by atoms with Crippen molar-refractivity contribution in [2.24, 2.45) is 4.99 Å². The highest BCUT2D eigenvalue weighted by atomic mass is 16.5. The zero-order valence-corrected chi connectivity index (χ0v) is 19.3. The zero-order valence-electron chi connectivity index (χ0n) is 19.3. The van der Waals surface area contributed by atoms with E-state index < -0.39 is 0 Å². The highest BCUT2D eigenvalue weighted by Crippen LogP contribution is 2.38. The number of benzene rings is 2. The highest BCUT2D eigenvalue weighted by Gasteiger charge is 2.19. The fourth-order valence-corrected chi connectivity index (χ4v) is 3.48. The van der Waals surface area contributed by atoms with Gasteiger partial charge in [0.15, 0.2) is 11.5 Å². The molecule has 1 heterocycles. The Labute approximate surface area is 188 Å². The lowest BCUT2D eigenvalue weighted by Crippen LogP contribution is -2.37. The molecule has 3 rings (SSSR count). The number of carbonyl (C=O) groups is 1. The van der Waals surface area contributed by atoms with Crippen molar-refractivity contribution in [2.45, 2.75) is 32.8 Å². The summed E-state index contributed by atoms with van der Waals surface area (Å²) < 4.78 is 21.8. The molecule has 8 heteroatoms. The SMILES string of the molecule is COc1cc(C(=O)NC(=NCC2CCCO2)Nc2cc(C)ccc2C)cc(OC)c1OC. The van der Waals surface area contributed by atoms with Gasteiger partial charge in [0.05, 0.1) is 34.0 Å². The first-order chi connectivity index (χ1) is 15.4. The van der Waals surface area contributed by atoms with Gasteiger partial charge < -0.3 is 24.3 Å². The van der Waals surface area contributed by atoms with E-state index in [2.05, 4.69) is 15.6 Å². The number of guanidine groups is 1. The van der Waals surface area contributed by atoms with Crippen LogP contribution in [0.2, 0.25) is 0 Å². The van der Waals surface area contributed by atoms with Crippen molar-refractivity contribution in [3.8, 4) is 17.2 Å². The molecule has 2 N–H and O–H groups in total. The molecule has 172 valence electrons. The van der Waals surface area contributed by atoms with E-state index in [9.17, 15) is 4.79 Å². The third kappa shape index (κ3) is 5.70. The number of hydrogen-bond acceptors (Lipinski definition) is 6. The second kappa shape index (κ2) is 10.9. The van der Waals surface area contributed by atoms with Crippen LogP contribution in [-0.2, 0) is 4.74 Å². The van der Waals surface area contributed by atoms with Crippen LogP contribution in [0.4, 0.5) is 5.69 Å². The number of aliphatic imine (C=N–C) groups is 1. The molecule has 8 nitrogen and oxygen atoms in total.